The molecule has 0 unspecified atom stereocenters. The lowest BCUT2D eigenvalue weighted by atomic mass is 10.5. The predicted molar refractivity (Wildman–Crippen MR) is 33.4 cm³/mol. The lowest BCUT2D eigenvalue weighted by molar-refractivity contribution is -0.144. The van der Waals surface area contributed by atoms with Crippen molar-refractivity contribution >= 4 is 21.9 Å². The van der Waals surface area contributed by atoms with Crippen molar-refractivity contribution in [2.75, 3.05) is 0 Å². The molecule has 0 saturated heterocycles. The largest absolute Gasteiger partial charge is 0.461 e. The van der Waals surface area contributed by atoms with Gasteiger partial charge in [-0.2, -0.15) is 40.1 Å². The average molecular weight is 294 g/mol. The Bertz CT molecular complexity index is 237. The molecule has 0 fully saturated rings. The number of alkyl halides is 8. The zero-order valence-corrected chi connectivity index (χ0v) is 7.43. The van der Waals surface area contributed by atoms with Gasteiger partial charge in [0.15, 0.2) is 0 Å². The fraction of sp³-hybridized carbons (Fsp3) is 0.750. The molecule has 0 amide bonds. The quantitative estimate of drug-likeness (QED) is 0.320. The van der Waals surface area contributed by atoms with Crippen LogP contribution < -0.4 is 0 Å². The summed E-state index contributed by atoms with van der Waals surface area (Å²) >= 11 is 1.07. The summed E-state index contributed by atoms with van der Waals surface area (Å²) in [5.74, 6) is -3.53. The number of hydrogen-bond donors (Lipinski definition) is 0. The minimum absolute atomic E-state index is 0.946. The molecule has 0 aromatic heterocycles. The summed E-state index contributed by atoms with van der Waals surface area (Å²) in [6.45, 7) is 0. The first-order chi connectivity index (χ1) is 5.88. The van der Waals surface area contributed by atoms with Crippen LogP contribution in [0.5, 0.6) is 0 Å². The standard InChI is InChI=1S/C4BrF8N/c5-3(10,11)4(12,13)14-1(6)2(7,8)9/b14-1-. The van der Waals surface area contributed by atoms with Crippen LogP contribution in [-0.2, 0) is 0 Å². The molecule has 0 N–H and O–H groups in total. The van der Waals surface area contributed by atoms with E-state index in [0.717, 1.165) is 20.9 Å². The SMILES string of the molecule is F/C(=N\C(F)(F)C(F)(F)Br)C(F)(F)F. The summed E-state index contributed by atoms with van der Waals surface area (Å²) in [7, 11) is 0. The van der Waals surface area contributed by atoms with Crippen molar-refractivity contribution < 1.29 is 35.1 Å². The van der Waals surface area contributed by atoms with E-state index in [9.17, 15) is 35.1 Å². The highest BCUT2D eigenvalue weighted by Gasteiger charge is 2.56. The third kappa shape index (κ3) is 3.39. The van der Waals surface area contributed by atoms with Crippen LogP contribution in [0, 0.1) is 0 Å². The van der Waals surface area contributed by atoms with E-state index in [-0.39, 0.29) is 0 Å². The molecule has 0 radical (unpaired) electrons. The van der Waals surface area contributed by atoms with Gasteiger partial charge in [-0.15, -0.1) is 0 Å². The molecule has 0 bridgehead atoms. The second kappa shape index (κ2) is 3.63. The van der Waals surface area contributed by atoms with Crippen molar-refractivity contribution in [2.24, 2.45) is 4.99 Å². The van der Waals surface area contributed by atoms with Gasteiger partial charge in [-0.05, 0) is 15.9 Å². The monoisotopic (exact) mass is 293 g/mol. The van der Waals surface area contributed by atoms with E-state index >= 15 is 0 Å². The average Bonchev–Trinajstić information content (AvgIpc) is 1.80. The van der Waals surface area contributed by atoms with Crippen LogP contribution >= 0.6 is 15.9 Å². The molecular weight excluding hydrogens is 294 g/mol. The van der Waals surface area contributed by atoms with Crippen molar-refractivity contribution in [1.29, 1.82) is 0 Å². The Kier molecular flexibility index (Phi) is 3.52. The summed E-state index contributed by atoms with van der Waals surface area (Å²) in [6.07, 6.45) is -5.82. The Morgan fingerprint density at radius 3 is 1.50 bits per heavy atom. The fourth-order valence-corrected chi connectivity index (χ4v) is 0.339. The molecule has 10 heteroatoms. The Hall–Kier alpha value is -0.410. The summed E-state index contributed by atoms with van der Waals surface area (Å²) in [4.78, 5) is -4.11. The van der Waals surface area contributed by atoms with E-state index in [0.29, 0.717) is 0 Å². The highest BCUT2D eigenvalue weighted by molar-refractivity contribution is 9.10. The van der Waals surface area contributed by atoms with Crippen LogP contribution in [0.15, 0.2) is 4.99 Å². The van der Waals surface area contributed by atoms with Crippen molar-refractivity contribution in [2.45, 2.75) is 17.1 Å². The molecule has 0 atom stereocenters. The summed E-state index contributed by atoms with van der Waals surface area (Å²) in [6, 6.07) is -5.51. The summed E-state index contributed by atoms with van der Waals surface area (Å²) in [5, 5.41) is 0. The minimum Gasteiger partial charge on any atom is -0.184 e. The smallest absolute Gasteiger partial charge is 0.184 e. The predicted octanol–water partition coefficient (Wildman–Crippen LogP) is 3.50. The highest BCUT2D eigenvalue weighted by atomic mass is 79.9. The fourth-order valence-electron chi connectivity index (χ4n) is 0.250. The van der Waals surface area contributed by atoms with Gasteiger partial charge in [0, 0.05) is 0 Å². The zero-order valence-electron chi connectivity index (χ0n) is 5.85. The number of hydrogen-bond acceptors (Lipinski definition) is 1. The second-order valence-corrected chi connectivity index (χ2v) is 2.94. The molecule has 14 heavy (non-hydrogen) atoms. The maximum absolute atomic E-state index is 12.0. The molecule has 0 aliphatic heterocycles. The number of rotatable bonds is 2. The van der Waals surface area contributed by atoms with Gasteiger partial charge >= 0.3 is 17.1 Å². The van der Waals surface area contributed by atoms with E-state index in [1.54, 1.807) is 0 Å². The van der Waals surface area contributed by atoms with Crippen molar-refractivity contribution in [3.63, 3.8) is 0 Å². The van der Waals surface area contributed by atoms with Gasteiger partial charge in [-0.25, -0.2) is 0 Å². The molecule has 0 aliphatic rings. The Balaban J connectivity index is 5.00. The van der Waals surface area contributed by atoms with E-state index in [1.165, 1.54) is 0 Å². The Morgan fingerprint density at radius 1 is 0.929 bits per heavy atom. The Labute approximate surface area is 79.9 Å². The molecule has 0 aromatic rings. The molecule has 0 aromatic carbocycles. The van der Waals surface area contributed by atoms with Crippen LogP contribution in [-0.4, -0.2) is 23.0 Å². The van der Waals surface area contributed by atoms with Gasteiger partial charge in [0.2, 0.25) is 0 Å². The summed E-state index contributed by atoms with van der Waals surface area (Å²) in [5.41, 5.74) is 0. The molecule has 1 nitrogen and oxygen atoms in total. The zero-order chi connectivity index (χ0) is 11.8. The van der Waals surface area contributed by atoms with Crippen LogP contribution in [0.25, 0.3) is 0 Å². The topological polar surface area (TPSA) is 12.4 Å². The van der Waals surface area contributed by atoms with E-state index in [4.69, 9.17) is 0 Å². The van der Waals surface area contributed by atoms with Gasteiger partial charge in [0.1, 0.15) is 0 Å². The molecule has 0 spiro atoms. The molecule has 0 aliphatic carbocycles. The van der Waals surface area contributed by atoms with E-state index in [2.05, 4.69) is 0 Å². The van der Waals surface area contributed by atoms with Crippen LogP contribution in [0.4, 0.5) is 35.1 Å². The maximum Gasteiger partial charge on any atom is 0.461 e. The first-order valence-corrected chi connectivity index (χ1v) is 3.44. The van der Waals surface area contributed by atoms with Crippen molar-refractivity contribution in [3.05, 3.63) is 0 Å². The van der Waals surface area contributed by atoms with Gasteiger partial charge in [0.05, 0.1) is 0 Å². The van der Waals surface area contributed by atoms with Crippen LogP contribution in [0.2, 0.25) is 0 Å². The van der Waals surface area contributed by atoms with Crippen molar-refractivity contribution in [1.82, 2.24) is 0 Å². The van der Waals surface area contributed by atoms with Gasteiger partial charge in [0.25, 0.3) is 5.97 Å². The molecule has 0 saturated carbocycles. The lowest BCUT2D eigenvalue weighted by Crippen LogP contribution is -2.35. The third-order valence-electron chi connectivity index (χ3n) is 0.814. The molecule has 0 heterocycles. The highest BCUT2D eigenvalue weighted by Crippen LogP contribution is 2.41. The third-order valence-corrected chi connectivity index (χ3v) is 1.29. The Morgan fingerprint density at radius 2 is 1.29 bits per heavy atom. The number of halogens is 9. The van der Waals surface area contributed by atoms with E-state index in [1.807, 2.05) is 0 Å². The van der Waals surface area contributed by atoms with E-state index < -0.39 is 23.0 Å². The van der Waals surface area contributed by atoms with Gasteiger partial charge in [-0.3, -0.25) is 0 Å². The number of aliphatic imine (C=N–C) groups is 1. The maximum atomic E-state index is 12.0. The summed E-state index contributed by atoms with van der Waals surface area (Å²) < 4.78 is 93.1. The first-order valence-electron chi connectivity index (χ1n) is 2.65. The minimum atomic E-state index is -5.82. The van der Waals surface area contributed by atoms with Gasteiger partial charge < -0.3 is 0 Å². The van der Waals surface area contributed by atoms with Gasteiger partial charge in [-0.1, -0.05) is 0 Å². The lowest BCUT2D eigenvalue weighted by Gasteiger charge is -2.17. The molecule has 84 valence electrons. The normalized spacial score (nSPS) is 15.9. The van der Waals surface area contributed by atoms with Crippen molar-refractivity contribution in [3.8, 4) is 0 Å². The number of nitrogens with zero attached hydrogens (tertiary/aromatic N) is 1. The first kappa shape index (κ1) is 13.6. The molecule has 0 rings (SSSR count). The van der Waals surface area contributed by atoms with Crippen LogP contribution in [0.3, 0.4) is 0 Å². The molecular formula is C4BrF8N. The van der Waals surface area contributed by atoms with Crippen LogP contribution in [0.1, 0.15) is 0 Å². The second-order valence-electron chi connectivity index (χ2n) is 1.94.